The largest absolute Gasteiger partial charge is 0.342 e. The molecule has 1 aromatic heterocycles. The van der Waals surface area contributed by atoms with E-state index in [1.54, 1.807) is 0 Å². The summed E-state index contributed by atoms with van der Waals surface area (Å²) in [5.74, 6) is 0.373. The molecule has 5 rings (SSSR count). The van der Waals surface area contributed by atoms with E-state index in [-0.39, 0.29) is 11.7 Å². The summed E-state index contributed by atoms with van der Waals surface area (Å²) in [6.07, 6.45) is 5.47. The van der Waals surface area contributed by atoms with Crippen molar-refractivity contribution in [3.8, 4) is 0 Å². The van der Waals surface area contributed by atoms with Crippen molar-refractivity contribution in [3.05, 3.63) is 71.7 Å². The molecule has 2 saturated heterocycles. The van der Waals surface area contributed by atoms with Crippen LogP contribution in [-0.4, -0.2) is 46.5 Å². The summed E-state index contributed by atoms with van der Waals surface area (Å²) in [7, 11) is 0. The van der Waals surface area contributed by atoms with Gasteiger partial charge in [0.2, 0.25) is 5.91 Å². The first-order valence-electron chi connectivity index (χ1n) is 12.0. The highest BCUT2D eigenvalue weighted by molar-refractivity contribution is 5.81. The van der Waals surface area contributed by atoms with E-state index in [0.717, 1.165) is 70.5 Å². The van der Waals surface area contributed by atoms with Gasteiger partial charge in [0.1, 0.15) is 5.82 Å². The van der Waals surface area contributed by atoms with Crippen molar-refractivity contribution in [2.45, 2.75) is 45.2 Å². The molecule has 2 aliphatic heterocycles. The summed E-state index contributed by atoms with van der Waals surface area (Å²) in [6.45, 7) is 5.42. The van der Waals surface area contributed by atoms with Crippen LogP contribution in [0.4, 0.5) is 4.39 Å². The number of amides is 1. The highest BCUT2D eigenvalue weighted by Gasteiger charge is 2.29. The lowest BCUT2D eigenvalue weighted by atomic mass is 9.94. The molecular weight excluding hydrogens is 401 g/mol. The molecule has 0 bridgehead atoms. The van der Waals surface area contributed by atoms with E-state index >= 15 is 0 Å². The predicted molar refractivity (Wildman–Crippen MR) is 126 cm³/mol. The average molecular weight is 434 g/mol. The van der Waals surface area contributed by atoms with Crippen LogP contribution in [0.25, 0.3) is 10.9 Å². The molecule has 1 amide bonds. The molecule has 0 aliphatic carbocycles. The summed E-state index contributed by atoms with van der Waals surface area (Å²) in [4.78, 5) is 17.5. The van der Waals surface area contributed by atoms with Gasteiger partial charge in [-0.2, -0.15) is 0 Å². The van der Waals surface area contributed by atoms with Crippen LogP contribution in [0.1, 0.15) is 43.4 Å². The number of benzene rings is 2. The van der Waals surface area contributed by atoms with E-state index in [2.05, 4.69) is 44.7 Å². The summed E-state index contributed by atoms with van der Waals surface area (Å²) >= 11 is 0. The molecule has 2 aliphatic rings. The van der Waals surface area contributed by atoms with Gasteiger partial charge in [-0.1, -0.05) is 30.3 Å². The predicted octanol–water partition coefficient (Wildman–Crippen LogP) is 5.05. The van der Waals surface area contributed by atoms with Crippen LogP contribution < -0.4 is 0 Å². The lowest BCUT2D eigenvalue weighted by Gasteiger charge is -2.35. The maximum absolute atomic E-state index is 13.4. The fourth-order valence-corrected chi connectivity index (χ4v) is 5.30. The highest BCUT2D eigenvalue weighted by atomic mass is 19.1. The number of fused-ring (bicyclic) bond motifs is 1. The maximum atomic E-state index is 13.4. The summed E-state index contributed by atoms with van der Waals surface area (Å²) in [5, 5.41) is 1.24. The lowest BCUT2D eigenvalue weighted by molar-refractivity contribution is -0.138. The van der Waals surface area contributed by atoms with Gasteiger partial charge in [0, 0.05) is 43.3 Å². The van der Waals surface area contributed by atoms with Crippen molar-refractivity contribution in [3.63, 3.8) is 0 Å². The molecule has 3 aromatic rings. The average Bonchev–Trinajstić information content (AvgIpc) is 3.18. The van der Waals surface area contributed by atoms with Gasteiger partial charge in [0.25, 0.3) is 0 Å². The Labute approximate surface area is 189 Å². The number of piperidine rings is 2. The third kappa shape index (κ3) is 4.58. The summed E-state index contributed by atoms with van der Waals surface area (Å²) in [5.41, 5.74) is 3.58. The van der Waals surface area contributed by atoms with Crippen molar-refractivity contribution in [1.82, 2.24) is 14.4 Å². The van der Waals surface area contributed by atoms with Gasteiger partial charge < -0.3 is 9.47 Å². The van der Waals surface area contributed by atoms with E-state index < -0.39 is 0 Å². The van der Waals surface area contributed by atoms with Gasteiger partial charge in [0.05, 0.1) is 0 Å². The van der Waals surface area contributed by atoms with Crippen LogP contribution in [0.5, 0.6) is 0 Å². The molecule has 5 heteroatoms. The Morgan fingerprint density at radius 3 is 2.34 bits per heavy atom. The Morgan fingerprint density at radius 1 is 0.875 bits per heavy atom. The second kappa shape index (κ2) is 9.45. The van der Waals surface area contributed by atoms with E-state index in [9.17, 15) is 9.18 Å². The zero-order valence-corrected chi connectivity index (χ0v) is 18.7. The Kier molecular flexibility index (Phi) is 6.26. The van der Waals surface area contributed by atoms with Gasteiger partial charge in [-0.3, -0.25) is 9.69 Å². The first-order valence-corrected chi connectivity index (χ1v) is 12.0. The second-order valence-corrected chi connectivity index (χ2v) is 9.34. The molecule has 4 nitrogen and oxygen atoms in total. The molecular formula is C27H32FN3O. The monoisotopic (exact) mass is 433 g/mol. The summed E-state index contributed by atoms with van der Waals surface area (Å²) < 4.78 is 15.7. The van der Waals surface area contributed by atoms with Gasteiger partial charge >= 0.3 is 0 Å². The maximum Gasteiger partial charge on any atom is 0.225 e. The van der Waals surface area contributed by atoms with Crippen LogP contribution in [0.3, 0.4) is 0 Å². The lowest BCUT2D eigenvalue weighted by Crippen LogP contribution is -2.44. The van der Waals surface area contributed by atoms with Gasteiger partial charge in [0.15, 0.2) is 0 Å². The van der Waals surface area contributed by atoms with Crippen LogP contribution in [0.15, 0.2) is 54.6 Å². The van der Waals surface area contributed by atoms with Gasteiger partial charge in [-0.15, -0.1) is 0 Å². The number of nitrogens with zero attached hydrogens (tertiary/aromatic N) is 3. The molecule has 168 valence electrons. The zero-order chi connectivity index (χ0) is 21.9. The number of aromatic nitrogens is 1. The third-order valence-electron chi connectivity index (χ3n) is 7.14. The second-order valence-electron chi connectivity index (χ2n) is 9.34. The Morgan fingerprint density at radius 2 is 1.59 bits per heavy atom. The molecule has 0 unspecified atom stereocenters. The molecule has 0 saturated carbocycles. The minimum Gasteiger partial charge on any atom is -0.342 e. The molecule has 2 fully saturated rings. The van der Waals surface area contributed by atoms with Crippen molar-refractivity contribution in [1.29, 1.82) is 0 Å². The molecule has 32 heavy (non-hydrogen) atoms. The SMILES string of the molecule is O=C(C1CCN(Cc2cc3ccccc3n2Cc2ccc(F)cc2)CC1)N1CCCCC1. The van der Waals surface area contributed by atoms with Crippen LogP contribution in [-0.2, 0) is 17.9 Å². The molecule has 0 spiro atoms. The quantitative estimate of drug-likeness (QED) is 0.563. The number of halogens is 1. The first kappa shape index (κ1) is 21.2. The number of carbonyl (C=O) groups excluding carboxylic acids is 1. The van der Waals surface area contributed by atoms with Crippen LogP contribution in [0.2, 0.25) is 0 Å². The standard InChI is InChI=1S/C27H32FN3O/c28-24-10-8-21(9-11-24)19-31-25(18-23-6-2-3-7-26(23)31)20-29-16-12-22(13-17-29)27(32)30-14-4-1-5-15-30/h2-3,6-11,18,22H,1,4-5,12-17,19-20H2. The molecule has 3 heterocycles. The number of rotatable bonds is 5. The topological polar surface area (TPSA) is 28.5 Å². The van der Waals surface area contributed by atoms with Crippen LogP contribution >= 0.6 is 0 Å². The van der Waals surface area contributed by atoms with Gasteiger partial charge in [-0.25, -0.2) is 4.39 Å². The van der Waals surface area contributed by atoms with E-state index in [1.165, 1.54) is 35.2 Å². The van der Waals surface area contributed by atoms with E-state index in [0.29, 0.717) is 5.91 Å². The summed E-state index contributed by atoms with van der Waals surface area (Å²) in [6, 6.07) is 17.5. The number of hydrogen-bond acceptors (Lipinski definition) is 2. The normalized spacial score (nSPS) is 18.3. The Bertz CT molecular complexity index is 1060. The molecule has 2 aromatic carbocycles. The van der Waals surface area contributed by atoms with Crippen molar-refractivity contribution in [2.75, 3.05) is 26.2 Å². The third-order valence-corrected chi connectivity index (χ3v) is 7.14. The number of hydrogen-bond donors (Lipinski definition) is 0. The van der Waals surface area contributed by atoms with Crippen molar-refractivity contribution >= 4 is 16.8 Å². The first-order chi connectivity index (χ1) is 15.7. The smallest absolute Gasteiger partial charge is 0.225 e. The minimum atomic E-state index is -0.201. The molecule has 0 atom stereocenters. The number of likely N-dealkylation sites (tertiary alicyclic amines) is 2. The number of carbonyl (C=O) groups is 1. The van der Waals surface area contributed by atoms with Crippen LogP contribution in [0, 0.1) is 11.7 Å². The fourth-order valence-electron chi connectivity index (χ4n) is 5.30. The van der Waals surface area contributed by atoms with E-state index in [1.807, 2.05) is 12.1 Å². The van der Waals surface area contributed by atoms with Crippen molar-refractivity contribution in [2.24, 2.45) is 5.92 Å². The van der Waals surface area contributed by atoms with Gasteiger partial charge in [-0.05, 0) is 80.4 Å². The molecule has 0 radical (unpaired) electrons. The minimum absolute atomic E-state index is 0.189. The Balaban J connectivity index is 1.28. The fraction of sp³-hybridized carbons (Fsp3) is 0.444. The zero-order valence-electron chi connectivity index (χ0n) is 18.7. The van der Waals surface area contributed by atoms with Crippen molar-refractivity contribution < 1.29 is 9.18 Å². The van der Waals surface area contributed by atoms with E-state index in [4.69, 9.17) is 0 Å². The highest BCUT2D eigenvalue weighted by Crippen LogP contribution is 2.26. The number of para-hydroxylation sites is 1. The molecule has 0 N–H and O–H groups in total. The Hall–Kier alpha value is -2.66.